The second kappa shape index (κ2) is 4.03. The lowest BCUT2D eigenvalue weighted by atomic mass is 10.2. The average molecular weight is 223 g/mol. The van der Waals surface area contributed by atoms with Crippen LogP contribution in [-0.4, -0.2) is 42.4 Å². The molecule has 0 saturated carbocycles. The minimum Gasteiger partial charge on any atom is -0.394 e. The predicted molar refractivity (Wildman–Crippen MR) is 57.5 cm³/mol. The molecule has 2 aromatic rings. The van der Waals surface area contributed by atoms with Crippen molar-refractivity contribution in [2.45, 2.75) is 19.1 Å². The van der Waals surface area contributed by atoms with E-state index < -0.39 is 12.1 Å². The zero-order valence-electron chi connectivity index (χ0n) is 8.78. The van der Waals surface area contributed by atoms with E-state index >= 15 is 0 Å². The number of hydrogen-bond acceptors (Lipinski definition) is 6. The zero-order valence-corrected chi connectivity index (χ0v) is 8.78. The minimum absolute atomic E-state index is 0.201. The molecule has 2 rings (SSSR count). The van der Waals surface area contributed by atoms with Gasteiger partial charge in [0.2, 0.25) is 0 Å². The number of fused-ring (bicyclic) bond motifs is 1. The van der Waals surface area contributed by atoms with Crippen LogP contribution in [-0.2, 0) is 0 Å². The maximum atomic E-state index is 9.53. The SMILES string of the molecule is C[C@@H](O)[C@@H](CO)n1cnc2c(N)ncnc21. The largest absolute Gasteiger partial charge is 0.394 e. The van der Waals surface area contributed by atoms with Crippen LogP contribution in [0.3, 0.4) is 0 Å². The van der Waals surface area contributed by atoms with E-state index in [2.05, 4.69) is 15.0 Å². The van der Waals surface area contributed by atoms with Gasteiger partial charge in [-0.3, -0.25) is 0 Å². The van der Waals surface area contributed by atoms with Crippen molar-refractivity contribution in [3.63, 3.8) is 0 Å². The van der Waals surface area contributed by atoms with Crippen molar-refractivity contribution in [3.8, 4) is 0 Å². The number of imidazole rings is 1. The van der Waals surface area contributed by atoms with Gasteiger partial charge in [0.25, 0.3) is 0 Å². The van der Waals surface area contributed by atoms with E-state index in [1.165, 1.54) is 12.7 Å². The molecule has 86 valence electrons. The van der Waals surface area contributed by atoms with Gasteiger partial charge in [-0.05, 0) is 6.92 Å². The first-order valence-electron chi connectivity index (χ1n) is 4.87. The summed E-state index contributed by atoms with van der Waals surface area (Å²) in [4.78, 5) is 11.9. The summed E-state index contributed by atoms with van der Waals surface area (Å²) in [6.07, 6.45) is 2.11. The summed E-state index contributed by atoms with van der Waals surface area (Å²) in [7, 11) is 0. The Morgan fingerprint density at radius 1 is 1.44 bits per heavy atom. The number of hydrogen-bond donors (Lipinski definition) is 3. The fourth-order valence-corrected chi connectivity index (χ4v) is 1.59. The lowest BCUT2D eigenvalue weighted by Gasteiger charge is -2.18. The second-order valence-corrected chi connectivity index (χ2v) is 3.57. The molecule has 0 spiro atoms. The Labute approximate surface area is 91.6 Å². The molecule has 0 aromatic carbocycles. The Kier molecular flexibility index (Phi) is 2.71. The second-order valence-electron chi connectivity index (χ2n) is 3.57. The number of nitrogens with zero attached hydrogens (tertiary/aromatic N) is 4. The molecule has 0 radical (unpaired) electrons. The molecule has 0 aliphatic heterocycles. The van der Waals surface area contributed by atoms with Crippen LogP contribution in [0.25, 0.3) is 11.2 Å². The Hall–Kier alpha value is -1.73. The molecule has 0 saturated heterocycles. The van der Waals surface area contributed by atoms with E-state index in [1.54, 1.807) is 11.5 Å². The third-order valence-electron chi connectivity index (χ3n) is 2.49. The molecule has 7 heteroatoms. The number of nitrogen functional groups attached to an aromatic ring is 1. The Balaban J connectivity index is 2.57. The van der Waals surface area contributed by atoms with Crippen molar-refractivity contribution in [1.82, 2.24) is 19.5 Å². The first kappa shape index (κ1) is 10.8. The van der Waals surface area contributed by atoms with Gasteiger partial charge in [0.05, 0.1) is 25.1 Å². The quantitative estimate of drug-likeness (QED) is 0.636. The fraction of sp³-hybridized carbons (Fsp3) is 0.444. The van der Waals surface area contributed by atoms with E-state index in [0.717, 1.165) is 0 Å². The first-order valence-corrected chi connectivity index (χ1v) is 4.87. The molecule has 0 unspecified atom stereocenters. The third kappa shape index (κ3) is 1.59. The molecule has 16 heavy (non-hydrogen) atoms. The van der Waals surface area contributed by atoms with Crippen LogP contribution in [0.15, 0.2) is 12.7 Å². The van der Waals surface area contributed by atoms with E-state index in [0.29, 0.717) is 11.2 Å². The molecule has 2 aromatic heterocycles. The summed E-state index contributed by atoms with van der Waals surface area (Å²) in [6, 6.07) is -0.487. The van der Waals surface area contributed by atoms with Gasteiger partial charge in [0, 0.05) is 0 Å². The van der Waals surface area contributed by atoms with Gasteiger partial charge < -0.3 is 20.5 Å². The van der Waals surface area contributed by atoms with E-state index in [1.807, 2.05) is 0 Å². The van der Waals surface area contributed by atoms with Gasteiger partial charge >= 0.3 is 0 Å². The summed E-state index contributed by atoms with van der Waals surface area (Å²) in [5, 5.41) is 18.7. The summed E-state index contributed by atoms with van der Waals surface area (Å²) in [5.74, 6) is 0.283. The summed E-state index contributed by atoms with van der Waals surface area (Å²) in [5.41, 5.74) is 6.62. The van der Waals surface area contributed by atoms with E-state index in [4.69, 9.17) is 5.73 Å². The third-order valence-corrected chi connectivity index (χ3v) is 2.49. The summed E-state index contributed by atoms with van der Waals surface area (Å²) in [6.45, 7) is 1.39. The van der Waals surface area contributed by atoms with Gasteiger partial charge in [0.15, 0.2) is 11.5 Å². The maximum absolute atomic E-state index is 9.53. The van der Waals surface area contributed by atoms with E-state index in [-0.39, 0.29) is 12.4 Å². The lowest BCUT2D eigenvalue weighted by molar-refractivity contribution is 0.0885. The average Bonchev–Trinajstić information content (AvgIpc) is 2.64. The minimum atomic E-state index is -0.710. The monoisotopic (exact) mass is 223 g/mol. The van der Waals surface area contributed by atoms with E-state index in [9.17, 15) is 10.2 Å². The molecule has 2 atom stereocenters. The van der Waals surface area contributed by atoms with Crippen LogP contribution >= 0.6 is 0 Å². The zero-order chi connectivity index (χ0) is 11.7. The Morgan fingerprint density at radius 2 is 2.19 bits per heavy atom. The van der Waals surface area contributed by atoms with Crippen molar-refractivity contribution >= 4 is 17.0 Å². The normalized spacial score (nSPS) is 15.2. The first-order chi connectivity index (χ1) is 7.65. The molecule has 0 amide bonds. The standard InChI is InChI=1S/C9H13N5O2/c1-5(16)6(2-15)14-4-13-7-8(10)11-3-12-9(7)14/h3-6,15-16H,2H2,1H3,(H2,10,11,12)/t5-,6-/m1/s1. The number of aliphatic hydroxyl groups is 2. The molecule has 0 aliphatic rings. The van der Waals surface area contributed by atoms with Crippen LogP contribution in [0, 0.1) is 0 Å². The molecule has 0 fully saturated rings. The topological polar surface area (TPSA) is 110 Å². The van der Waals surface area contributed by atoms with Gasteiger partial charge in [-0.1, -0.05) is 0 Å². The van der Waals surface area contributed by atoms with Crippen LogP contribution in [0.5, 0.6) is 0 Å². The number of aromatic nitrogens is 4. The van der Waals surface area contributed by atoms with Gasteiger partial charge in [-0.2, -0.15) is 0 Å². The van der Waals surface area contributed by atoms with Crippen molar-refractivity contribution in [1.29, 1.82) is 0 Å². The lowest BCUT2D eigenvalue weighted by Crippen LogP contribution is -2.24. The van der Waals surface area contributed by atoms with Crippen LogP contribution in [0.2, 0.25) is 0 Å². The van der Waals surface area contributed by atoms with Crippen LogP contribution in [0.4, 0.5) is 5.82 Å². The highest BCUT2D eigenvalue weighted by Gasteiger charge is 2.19. The summed E-state index contributed by atoms with van der Waals surface area (Å²) >= 11 is 0. The highest BCUT2D eigenvalue weighted by molar-refractivity contribution is 5.81. The van der Waals surface area contributed by atoms with Gasteiger partial charge in [-0.15, -0.1) is 0 Å². The number of anilines is 1. The van der Waals surface area contributed by atoms with Gasteiger partial charge in [-0.25, -0.2) is 15.0 Å². The van der Waals surface area contributed by atoms with Crippen molar-refractivity contribution < 1.29 is 10.2 Å². The molecule has 2 heterocycles. The Morgan fingerprint density at radius 3 is 2.81 bits per heavy atom. The fourth-order valence-electron chi connectivity index (χ4n) is 1.59. The van der Waals surface area contributed by atoms with Crippen molar-refractivity contribution in [2.75, 3.05) is 12.3 Å². The van der Waals surface area contributed by atoms with Crippen molar-refractivity contribution in [2.24, 2.45) is 0 Å². The summed E-state index contributed by atoms with van der Waals surface area (Å²) < 4.78 is 1.60. The predicted octanol–water partition coefficient (Wildman–Crippen LogP) is -0.677. The molecule has 0 aliphatic carbocycles. The van der Waals surface area contributed by atoms with Crippen molar-refractivity contribution in [3.05, 3.63) is 12.7 Å². The Bertz CT molecular complexity index is 496. The molecule has 0 bridgehead atoms. The molecular weight excluding hydrogens is 210 g/mol. The molecule has 4 N–H and O–H groups in total. The maximum Gasteiger partial charge on any atom is 0.165 e. The molecule has 7 nitrogen and oxygen atoms in total. The number of nitrogens with two attached hydrogens (primary N) is 1. The van der Waals surface area contributed by atoms with Crippen LogP contribution < -0.4 is 5.73 Å². The molecular formula is C9H13N5O2. The highest BCUT2D eigenvalue weighted by Crippen LogP contribution is 2.20. The smallest absolute Gasteiger partial charge is 0.165 e. The number of aliphatic hydroxyl groups excluding tert-OH is 2. The number of rotatable bonds is 3. The van der Waals surface area contributed by atoms with Crippen LogP contribution in [0.1, 0.15) is 13.0 Å². The van der Waals surface area contributed by atoms with Gasteiger partial charge in [0.1, 0.15) is 11.8 Å². The highest BCUT2D eigenvalue weighted by atomic mass is 16.3.